The topological polar surface area (TPSA) is 105 Å². The monoisotopic (exact) mass is 554 g/mol. The summed E-state index contributed by atoms with van der Waals surface area (Å²) in [6, 6.07) is 7.30. The molecule has 2 aromatic carbocycles. The number of halogens is 5. The number of alkyl halides is 3. The van der Waals surface area contributed by atoms with Gasteiger partial charge in [-0.2, -0.15) is 17.6 Å². The van der Waals surface area contributed by atoms with Crippen LogP contribution in [0.25, 0.3) is 0 Å². The van der Waals surface area contributed by atoms with Crippen LogP contribution < -0.4 is 14.8 Å². The van der Waals surface area contributed by atoms with Crippen LogP contribution in [-0.2, 0) is 14.8 Å². The van der Waals surface area contributed by atoms with Gasteiger partial charge in [0.2, 0.25) is 21.7 Å². The first-order valence-electron chi connectivity index (χ1n) is 10.5. The van der Waals surface area contributed by atoms with Gasteiger partial charge in [0.1, 0.15) is 4.75 Å². The minimum absolute atomic E-state index is 0.0549. The number of aliphatic hydroxyl groups is 1. The summed E-state index contributed by atoms with van der Waals surface area (Å²) in [7, 11) is -2.81. The molecular weight excluding hydrogens is 531 g/mol. The molecule has 0 bridgehead atoms. The van der Waals surface area contributed by atoms with Gasteiger partial charge < -0.3 is 15.2 Å². The number of sulfonamides is 1. The van der Waals surface area contributed by atoms with Crippen molar-refractivity contribution in [3.8, 4) is 5.75 Å². The van der Waals surface area contributed by atoms with Gasteiger partial charge >= 0.3 is 6.18 Å². The van der Waals surface area contributed by atoms with E-state index < -0.39 is 74.2 Å². The summed E-state index contributed by atoms with van der Waals surface area (Å²) in [5.41, 5.74) is 0.0585. The number of nitrogens with one attached hydrogen (secondary N) is 2. The fourth-order valence-corrected chi connectivity index (χ4v) is 6.27. The third-order valence-corrected chi connectivity index (χ3v) is 8.65. The third kappa shape index (κ3) is 5.86. The van der Waals surface area contributed by atoms with Crippen molar-refractivity contribution in [2.75, 3.05) is 29.5 Å². The average Bonchev–Trinajstić information content (AvgIpc) is 3.14. The Morgan fingerprint density at radius 1 is 1.22 bits per heavy atom. The van der Waals surface area contributed by atoms with E-state index in [-0.39, 0.29) is 16.9 Å². The van der Waals surface area contributed by atoms with Gasteiger partial charge in [-0.15, -0.1) is 11.8 Å². The zero-order chi connectivity index (χ0) is 26.9. The molecule has 1 fully saturated rings. The maximum absolute atomic E-state index is 14.4. The normalized spacial score (nSPS) is 22.3. The second-order valence-corrected chi connectivity index (χ2v) is 11.8. The first kappa shape index (κ1) is 28.0. The van der Waals surface area contributed by atoms with Crippen molar-refractivity contribution in [1.82, 2.24) is 0 Å². The molecule has 0 aromatic heterocycles. The van der Waals surface area contributed by atoms with Crippen molar-refractivity contribution in [2.24, 2.45) is 0 Å². The number of thioether (sulfide) groups is 1. The van der Waals surface area contributed by atoms with Gasteiger partial charge in [0.05, 0.1) is 30.4 Å². The van der Waals surface area contributed by atoms with E-state index in [4.69, 9.17) is 9.84 Å². The number of rotatable bonds is 8. The molecule has 1 aliphatic heterocycles. The second-order valence-electron chi connectivity index (χ2n) is 8.28. The number of amides is 1. The largest absolute Gasteiger partial charge is 0.493 e. The Kier molecular flexibility index (Phi) is 8.10. The number of ether oxygens (including phenoxy) is 1. The predicted molar refractivity (Wildman–Crippen MR) is 126 cm³/mol. The number of hydrogen-bond donors (Lipinski definition) is 3. The molecule has 2 aromatic rings. The van der Waals surface area contributed by atoms with Crippen molar-refractivity contribution in [1.29, 1.82) is 0 Å². The Bertz CT molecular complexity index is 1240. The minimum atomic E-state index is -4.71. The lowest BCUT2D eigenvalue weighted by Gasteiger charge is -2.26. The van der Waals surface area contributed by atoms with Gasteiger partial charge in [0.25, 0.3) is 0 Å². The first-order chi connectivity index (χ1) is 16.7. The molecule has 3 N–H and O–H groups in total. The van der Waals surface area contributed by atoms with Gasteiger partial charge in [-0.05, 0) is 37.6 Å². The van der Waals surface area contributed by atoms with Crippen molar-refractivity contribution in [3.63, 3.8) is 0 Å². The van der Waals surface area contributed by atoms with E-state index in [2.05, 4.69) is 10.0 Å². The number of aliphatic hydroxyl groups excluding tert-OH is 1. The fourth-order valence-electron chi connectivity index (χ4n) is 3.90. The molecule has 7 nitrogen and oxygen atoms in total. The number of benzene rings is 2. The van der Waals surface area contributed by atoms with Crippen molar-refractivity contribution < 1.29 is 45.0 Å². The van der Waals surface area contributed by atoms with Gasteiger partial charge in [-0.1, -0.05) is 12.1 Å². The van der Waals surface area contributed by atoms with Crippen LogP contribution in [0.2, 0.25) is 0 Å². The van der Waals surface area contributed by atoms with E-state index >= 15 is 0 Å². The molecule has 36 heavy (non-hydrogen) atoms. The summed E-state index contributed by atoms with van der Waals surface area (Å²) in [5, 5.41) is 9.96. The maximum atomic E-state index is 14.4. The van der Waals surface area contributed by atoms with Crippen molar-refractivity contribution in [3.05, 3.63) is 53.6 Å². The van der Waals surface area contributed by atoms with Crippen LogP contribution in [0, 0.1) is 11.6 Å². The van der Waals surface area contributed by atoms with Gasteiger partial charge in [0.15, 0.2) is 11.6 Å². The lowest BCUT2D eigenvalue weighted by Crippen LogP contribution is -2.37. The highest BCUT2D eigenvalue weighted by molar-refractivity contribution is 8.02. The highest BCUT2D eigenvalue weighted by atomic mass is 32.2. The average molecular weight is 555 g/mol. The third-order valence-electron chi connectivity index (χ3n) is 5.67. The van der Waals surface area contributed by atoms with Crippen LogP contribution in [0.4, 0.5) is 33.3 Å². The predicted octanol–water partition coefficient (Wildman–Crippen LogP) is 4.26. The lowest BCUT2D eigenvalue weighted by atomic mass is 9.85. The summed E-state index contributed by atoms with van der Waals surface area (Å²) in [6.07, 6.45) is -5.30. The Morgan fingerprint density at radius 3 is 2.50 bits per heavy atom. The van der Waals surface area contributed by atoms with Crippen LogP contribution in [0.3, 0.4) is 0 Å². The molecule has 3 rings (SSSR count). The zero-order valence-electron chi connectivity index (χ0n) is 19.0. The highest BCUT2D eigenvalue weighted by Gasteiger charge is 2.60. The summed E-state index contributed by atoms with van der Waals surface area (Å²) in [5.74, 6) is -5.79. The van der Waals surface area contributed by atoms with Crippen LogP contribution in [0.1, 0.15) is 24.8 Å². The van der Waals surface area contributed by atoms with Crippen LogP contribution in [-0.4, -0.2) is 55.1 Å². The number of carbonyl (C=O) groups is 1. The number of carbonyl (C=O) groups excluding carboxylic acids is 1. The Balaban J connectivity index is 1.94. The molecule has 1 aliphatic rings. The quantitative estimate of drug-likeness (QED) is 0.422. The number of hydrogen-bond acceptors (Lipinski definition) is 6. The SMILES string of the molecule is COc1c([C@@H]2C[C@](C)(C(F)(F)F)S[C@H]2C(=O)Nc2cccc(NS(=O)(=O)CCO)c2)ccc(F)c1F. The summed E-state index contributed by atoms with van der Waals surface area (Å²) in [4.78, 5) is 13.2. The smallest absolute Gasteiger partial charge is 0.403 e. The Hall–Kier alpha value is -2.58. The molecule has 0 aliphatic carbocycles. The maximum Gasteiger partial charge on any atom is 0.403 e. The Labute approximate surface area is 208 Å². The van der Waals surface area contributed by atoms with Crippen molar-refractivity contribution in [2.45, 2.75) is 35.4 Å². The highest BCUT2D eigenvalue weighted by Crippen LogP contribution is 2.59. The molecular formula is C22H23F5N2O5S2. The molecule has 0 radical (unpaired) electrons. The van der Waals surface area contributed by atoms with Crippen LogP contribution in [0.5, 0.6) is 5.75 Å². The van der Waals surface area contributed by atoms with Crippen molar-refractivity contribution >= 4 is 39.1 Å². The van der Waals surface area contributed by atoms with E-state index in [1.807, 2.05) is 0 Å². The van der Waals surface area contributed by atoms with E-state index in [1.54, 1.807) is 0 Å². The molecule has 1 heterocycles. The zero-order valence-corrected chi connectivity index (χ0v) is 20.7. The van der Waals surface area contributed by atoms with Crippen LogP contribution >= 0.6 is 11.8 Å². The molecule has 1 saturated heterocycles. The molecule has 0 spiro atoms. The number of anilines is 2. The number of methoxy groups -OCH3 is 1. The molecule has 3 atom stereocenters. The molecule has 198 valence electrons. The molecule has 0 unspecified atom stereocenters. The summed E-state index contributed by atoms with van der Waals surface area (Å²) in [6.45, 7) is 0.318. The van der Waals surface area contributed by atoms with Gasteiger partial charge in [-0.3, -0.25) is 9.52 Å². The molecule has 1 amide bonds. The Morgan fingerprint density at radius 2 is 1.89 bits per heavy atom. The standard InChI is InChI=1S/C22H23F5N2O5S2/c1-21(22(25,26)27)11-15(14-6-7-16(23)17(24)18(14)34-2)19(35-21)20(31)28-12-4-3-5-13(10-12)29-36(32,33)9-8-30/h3-7,10,15,19,29-30H,8-9,11H2,1-2H3,(H,28,31)/t15-,19+,21+/m0/s1. The summed E-state index contributed by atoms with van der Waals surface area (Å²) < 4.78 is 98.3. The minimum Gasteiger partial charge on any atom is -0.493 e. The summed E-state index contributed by atoms with van der Waals surface area (Å²) >= 11 is 0.352. The van der Waals surface area contributed by atoms with E-state index in [9.17, 15) is 35.2 Å². The first-order valence-corrected chi connectivity index (χ1v) is 13.0. The van der Waals surface area contributed by atoms with E-state index in [1.165, 1.54) is 24.3 Å². The van der Waals surface area contributed by atoms with E-state index in [0.717, 1.165) is 26.2 Å². The molecule has 0 saturated carbocycles. The second kappa shape index (κ2) is 10.4. The van der Waals surface area contributed by atoms with E-state index in [0.29, 0.717) is 11.8 Å². The van der Waals surface area contributed by atoms with Gasteiger partial charge in [-0.25, -0.2) is 12.8 Å². The van der Waals surface area contributed by atoms with Gasteiger partial charge in [0, 0.05) is 17.2 Å². The fraction of sp³-hybridized carbons (Fsp3) is 0.409. The van der Waals surface area contributed by atoms with Crippen LogP contribution in [0.15, 0.2) is 36.4 Å². The lowest BCUT2D eigenvalue weighted by molar-refractivity contribution is -0.155. The molecule has 14 heteroatoms.